The van der Waals surface area contributed by atoms with Crippen LogP contribution in [0.1, 0.15) is 22.5 Å². The van der Waals surface area contributed by atoms with Crippen LogP contribution in [0.15, 0.2) is 30.3 Å². The standard InChI is InChI=1S/C19H28N2O2/c1-15-13-18(16(2)21(15)11-12-22-3)14-20-10-9-17-5-7-19(23-4)8-6-17/h5-8,13,20H,9-12,14H2,1-4H3/p+1. The van der Waals surface area contributed by atoms with Crippen molar-refractivity contribution in [1.82, 2.24) is 4.57 Å². The Balaban J connectivity index is 1.81. The van der Waals surface area contributed by atoms with E-state index in [-0.39, 0.29) is 0 Å². The summed E-state index contributed by atoms with van der Waals surface area (Å²) >= 11 is 0. The first kappa shape index (κ1) is 17.6. The lowest BCUT2D eigenvalue weighted by Gasteiger charge is -2.09. The molecule has 0 aliphatic heterocycles. The molecule has 0 radical (unpaired) electrons. The molecule has 0 atom stereocenters. The van der Waals surface area contributed by atoms with E-state index in [1.807, 2.05) is 12.1 Å². The van der Waals surface area contributed by atoms with Crippen LogP contribution in [0.25, 0.3) is 0 Å². The predicted molar refractivity (Wildman–Crippen MR) is 93.0 cm³/mol. The summed E-state index contributed by atoms with van der Waals surface area (Å²) in [4.78, 5) is 0. The van der Waals surface area contributed by atoms with Gasteiger partial charge in [0.05, 0.1) is 20.3 Å². The molecule has 0 spiro atoms. The summed E-state index contributed by atoms with van der Waals surface area (Å²) in [5.74, 6) is 0.918. The average Bonchev–Trinajstić information content (AvgIpc) is 2.84. The zero-order chi connectivity index (χ0) is 16.7. The summed E-state index contributed by atoms with van der Waals surface area (Å²) < 4.78 is 12.7. The largest absolute Gasteiger partial charge is 0.497 e. The number of nitrogens with zero attached hydrogens (tertiary/aromatic N) is 1. The summed E-state index contributed by atoms with van der Waals surface area (Å²) in [5, 5.41) is 2.38. The Kier molecular flexibility index (Phi) is 6.68. The second kappa shape index (κ2) is 8.75. The van der Waals surface area contributed by atoms with Crippen molar-refractivity contribution < 1.29 is 14.8 Å². The minimum atomic E-state index is 0.761. The fourth-order valence-corrected chi connectivity index (χ4v) is 2.92. The zero-order valence-electron chi connectivity index (χ0n) is 14.8. The molecule has 126 valence electrons. The van der Waals surface area contributed by atoms with Crippen LogP contribution in [0.3, 0.4) is 0 Å². The Labute approximate surface area is 139 Å². The number of nitrogens with two attached hydrogens (primary N) is 1. The van der Waals surface area contributed by atoms with E-state index in [1.165, 1.54) is 22.5 Å². The van der Waals surface area contributed by atoms with E-state index in [9.17, 15) is 0 Å². The fraction of sp³-hybridized carbons (Fsp3) is 0.474. The van der Waals surface area contributed by atoms with Gasteiger partial charge in [-0.2, -0.15) is 0 Å². The molecule has 1 aromatic heterocycles. The third-order valence-electron chi connectivity index (χ3n) is 4.36. The van der Waals surface area contributed by atoms with Gasteiger partial charge in [0.15, 0.2) is 0 Å². The highest BCUT2D eigenvalue weighted by molar-refractivity contribution is 5.27. The Bertz CT molecular complexity index is 603. The summed E-state index contributed by atoms with van der Waals surface area (Å²) in [6.07, 6.45) is 1.08. The lowest BCUT2D eigenvalue weighted by Crippen LogP contribution is -2.83. The van der Waals surface area contributed by atoms with Gasteiger partial charge in [0.1, 0.15) is 12.3 Å². The van der Waals surface area contributed by atoms with Crippen molar-refractivity contribution in [2.24, 2.45) is 0 Å². The molecule has 0 saturated heterocycles. The van der Waals surface area contributed by atoms with Crippen LogP contribution in [0.4, 0.5) is 0 Å². The second-order valence-corrected chi connectivity index (χ2v) is 5.92. The van der Waals surface area contributed by atoms with Crippen molar-refractivity contribution in [3.8, 4) is 5.75 Å². The number of hydrogen-bond acceptors (Lipinski definition) is 2. The first-order valence-corrected chi connectivity index (χ1v) is 8.25. The highest BCUT2D eigenvalue weighted by Gasteiger charge is 2.09. The number of ether oxygens (including phenoxy) is 2. The molecule has 2 aromatic rings. The van der Waals surface area contributed by atoms with Gasteiger partial charge in [-0.05, 0) is 37.6 Å². The van der Waals surface area contributed by atoms with Crippen molar-refractivity contribution in [3.63, 3.8) is 0 Å². The third kappa shape index (κ3) is 4.85. The van der Waals surface area contributed by atoms with Gasteiger partial charge in [0.2, 0.25) is 0 Å². The minimum Gasteiger partial charge on any atom is -0.497 e. The van der Waals surface area contributed by atoms with Gasteiger partial charge in [-0.3, -0.25) is 0 Å². The van der Waals surface area contributed by atoms with E-state index in [4.69, 9.17) is 9.47 Å². The van der Waals surface area contributed by atoms with Crippen molar-refractivity contribution in [3.05, 3.63) is 52.8 Å². The van der Waals surface area contributed by atoms with Gasteiger partial charge in [0, 0.05) is 37.0 Å². The lowest BCUT2D eigenvalue weighted by atomic mass is 10.1. The van der Waals surface area contributed by atoms with Crippen molar-refractivity contribution >= 4 is 0 Å². The highest BCUT2D eigenvalue weighted by atomic mass is 16.5. The van der Waals surface area contributed by atoms with E-state index in [0.29, 0.717) is 0 Å². The fourth-order valence-electron chi connectivity index (χ4n) is 2.92. The first-order valence-electron chi connectivity index (χ1n) is 8.25. The van der Waals surface area contributed by atoms with E-state index >= 15 is 0 Å². The quantitative estimate of drug-likeness (QED) is 0.719. The summed E-state index contributed by atoms with van der Waals surface area (Å²) in [6.45, 7) is 8.19. The average molecular weight is 317 g/mol. The van der Waals surface area contributed by atoms with Crippen LogP contribution in [0.5, 0.6) is 5.75 Å². The molecule has 0 amide bonds. The Morgan fingerprint density at radius 1 is 1.09 bits per heavy atom. The molecule has 0 bridgehead atoms. The van der Waals surface area contributed by atoms with E-state index in [1.54, 1.807) is 14.2 Å². The molecule has 1 aromatic carbocycles. The number of benzene rings is 1. The maximum absolute atomic E-state index is 5.19. The molecule has 23 heavy (non-hydrogen) atoms. The van der Waals surface area contributed by atoms with E-state index in [0.717, 1.165) is 38.4 Å². The topological polar surface area (TPSA) is 40.0 Å². The highest BCUT2D eigenvalue weighted by Crippen LogP contribution is 2.14. The summed E-state index contributed by atoms with van der Waals surface area (Å²) in [5.41, 5.74) is 5.46. The zero-order valence-corrected chi connectivity index (χ0v) is 14.8. The molecule has 0 aliphatic carbocycles. The number of quaternary nitrogens is 1. The van der Waals surface area contributed by atoms with Gasteiger partial charge in [-0.1, -0.05) is 12.1 Å². The smallest absolute Gasteiger partial charge is 0.118 e. The molecule has 0 unspecified atom stereocenters. The maximum Gasteiger partial charge on any atom is 0.118 e. The van der Waals surface area contributed by atoms with Crippen LogP contribution in [0, 0.1) is 13.8 Å². The molecular weight excluding hydrogens is 288 g/mol. The van der Waals surface area contributed by atoms with E-state index < -0.39 is 0 Å². The van der Waals surface area contributed by atoms with Crippen molar-refractivity contribution in [2.75, 3.05) is 27.4 Å². The number of rotatable bonds is 9. The molecule has 4 nitrogen and oxygen atoms in total. The van der Waals surface area contributed by atoms with Crippen LogP contribution < -0.4 is 10.1 Å². The third-order valence-corrected chi connectivity index (χ3v) is 4.36. The normalized spacial score (nSPS) is 11.0. The Hall–Kier alpha value is -1.78. The SMILES string of the molecule is COCCn1c(C)cc(C[NH2+]CCc2ccc(OC)cc2)c1C. The van der Waals surface area contributed by atoms with Crippen LogP contribution in [-0.4, -0.2) is 31.9 Å². The van der Waals surface area contributed by atoms with Gasteiger partial charge in [0.25, 0.3) is 0 Å². The van der Waals surface area contributed by atoms with Crippen molar-refractivity contribution in [2.45, 2.75) is 33.4 Å². The molecule has 2 N–H and O–H groups in total. The molecule has 4 heteroatoms. The number of hydrogen-bond donors (Lipinski definition) is 1. The number of methoxy groups -OCH3 is 2. The molecule has 0 fully saturated rings. The number of aromatic nitrogens is 1. The van der Waals surface area contributed by atoms with Crippen LogP contribution in [0.2, 0.25) is 0 Å². The number of aryl methyl sites for hydroxylation is 1. The Morgan fingerprint density at radius 3 is 2.48 bits per heavy atom. The maximum atomic E-state index is 5.19. The van der Waals surface area contributed by atoms with Crippen molar-refractivity contribution in [1.29, 1.82) is 0 Å². The monoisotopic (exact) mass is 317 g/mol. The predicted octanol–water partition coefficient (Wildman–Crippen LogP) is 2.07. The summed E-state index contributed by atoms with van der Waals surface area (Å²) in [7, 11) is 3.45. The lowest BCUT2D eigenvalue weighted by molar-refractivity contribution is -0.670. The first-order chi connectivity index (χ1) is 11.2. The minimum absolute atomic E-state index is 0.761. The van der Waals surface area contributed by atoms with Crippen LogP contribution in [-0.2, 0) is 24.2 Å². The van der Waals surface area contributed by atoms with Gasteiger partial charge >= 0.3 is 0 Å². The summed E-state index contributed by atoms with van der Waals surface area (Å²) in [6, 6.07) is 10.6. The molecule has 0 aliphatic rings. The van der Waals surface area contributed by atoms with Crippen LogP contribution >= 0.6 is 0 Å². The van der Waals surface area contributed by atoms with Gasteiger partial charge < -0.3 is 19.4 Å². The van der Waals surface area contributed by atoms with Gasteiger partial charge in [-0.25, -0.2) is 0 Å². The molecular formula is C19H29N2O2+. The van der Waals surface area contributed by atoms with E-state index in [2.05, 4.69) is 41.9 Å². The molecule has 0 saturated carbocycles. The Morgan fingerprint density at radius 2 is 1.83 bits per heavy atom. The second-order valence-electron chi connectivity index (χ2n) is 5.92. The molecule has 2 rings (SSSR count). The van der Waals surface area contributed by atoms with Gasteiger partial charge in [-0.15, -0.1) is 0 Å². The molecule has 1 heterocycles.